The summed E-state index contributed by atoms with van der Waals surface area (Å²) in [6, 6.07) is -5.08. The van der Waals surface area contributed by atoms with E-state index in [9.17, 15) is 136 Å². The first-order valence-electron chi connectivity index (χ1n) is 45.2. The zero-order valence-electron chi connectivity index (χ0n) is 73.0. The highest BCUT2D eigenvalue weighted by Gasteiger charge is 2.64. The van der Waals surface area contributed by atoms with Crippen LogP contribution in [0.5, 0.6) is 0 Å². The zero-order valence-corrected chi connectivity index (χ0v) is 73.0. The molecule has 25 N–H and O–H groups in total. The lowest BCUT2D eigenvalue weighted by molar-refractivity contribution is -0.407. The van der Waals surface area contributed by atoms with Crippen LogP contribution in [0.3, 0.4) is 0 Å². The van der Waals surface area contributed by atoms with E-state index in [1.165, 1.54) is 115 Å². The first-order valence-corrected chi connectivity index (χ1v) is 45.2. The number of carbonyl (C=O) groups is 5. The van der Waals surface area contributed by atoms with Crippen LogP contribution in [0.25, 0.3) is 0 Å². The zero-order chi connectivity index (χ0) is 93.0. The van der Waals surface area contributed by atoms with E-state index in [1.807, 2.05) is 0 Å². The van der Waals surface area contributed by atoms with Gasteiger partial charge < -0.3 is 185 Å². The summed E-state index contributed by atoms with van der Waals surface area (Å²) in [5, 5.41) is 254. The molecule has 0 aliphatic carbocycles. The van der Waals surface area contributed by atoms with Gasteiger partial charge in [0.05, 0.1) is 76.6 Å². The molecule has 0 radical (unpaired) electrons. The number of carbonyl (C=O) groups excluding carboxylic acids is 3. The van der Waals surface area contributed by atoms with Crippen molar-refractivity contribution in [3.63, 3.8) is 0 Å². The van der Waals surface area contributed by atoms with Crippen LogP contribution in [0.2, 0.25) is 0 Å². The van der Waals surface area contributed by atoms with Crippen LogP contribution in [-0.2, 0) is 80.8 Å². The van der Waals surface area contributed by atoms with E-state index in [0.29, 0.717) is 12.8 Å². The van der Waals surface area contributed by atoms with Crippen LogP contribution in [0, 0.1) is 0 Å². The average molecular weight is 1830 g/mol. The summed E-state index contributed by atoms with van der Waals surface area (Å²) in [5.74, 6) is -13.6. The number of carboxylic acid groups (broad SMARTS) is 2. The molecule has 6 saturated heterocycles. The van der Waals surface area contributed by atoms with Gasteiger partial charge in [0, 0.05) is 33.1 Å². The summed E-state index contributed by atoms with van der Waals surface area (Å²) < 4.78 is 71.9. The van der Waals surface area contributed by atoms with Gasteiger partial charge >= 0.3 is 11.9 Å². The molecule has 0 aromatic rings. The highest BCUT2D eigenvalue weighted by molar-refractivity contribution is 5.77. The van der Waals surface area contributed by atoms with Gasteiger partial charge in [0.1, 0.15) is 140 Å². The van der Waals surface area contributed by atoms with Crippen LogP contribution in [-0.4, -0.2) is 396 Å². The Hall–Kier alpha value is -4.19. The Morgan fingerprint density at radius 2 is 0.802 bits per heavy atom. The van der Waals surface area contributed by atoms with E-state index in [0.717, 1.165) is 78.1 Å². The fraction of sp³-hybridized carbons (Fsp3) is 0.917. The molecule has 3 amide bonds. The molecule has 0 aromatic heterocycles. The van der Waals surface area contributed by atoms with Crippen molar-refractivity contribution < 1.29 is 193 Å². The van der Waals surface area contributed by atoms with Crippen molar-refractivity contribution in [2.75, 3.05) is 46.2 Å². The summed E-state index contributed by atoms with van der Waals surface area (Å²) >= 11 is 0. The minimum Gasteiger partial charge on any atom is -0.477 e. The summed E-state index contributed by atoms with van der Waals surface area (Å²) in [6.07, 6.45) is -31.8. The van der Waals surface area contributed by atoms with Crippen molar-refractivity contribution in [3.05, 3.63) is 12.2 Å². The Morgan fingerprint density at radius 3 is 1.28 bits per heavy atom. The maximum Gasteiger partial charge on any atom is 0.364 e. The Morgan fingerprint density at radius 1 is 0.413 bits per heavy atom. The van der Waals surface area contributed by atoms with Crippen LogP contribution < -0.4 is 16.0 Å². The molecule has 0 spiro atoms. The predicted octanol–water partition coefficient (Wildman–Crippen LogP) is -3.23. The highest BCUT2D eigenvalue weighted by Crippen LogP contribution is 2.43. The number of rotatable bonds is 60. The monoisotopic (exact) mass is 1820 g/mol. The molecule has 6 rings (SSSR count). The van der Waals surface area contributed by atoms with Crippen molar-refractivity contribution in [3.8, 4) is 0 Å². The highest BCUT2D eigenvalue weighted by atomic mass is 16.8. The van der Waals surface area contributed by atoms with Crippen molar-refractivity contribution in [2.24, 2.45) is 0 Å². The van der Waals surface area contributed by atoms with Gasteiger partial charge in [-0.15, -0.1) is 0 Å². The Bertz CT molecular complexity index is 3110. The van der Waals surface area contributed by atoms with E-state index in [1.54, 1.807) is 6.08 Å². The van der Waals surface area contributed by atoms with Gasteiger partial charge in [-0.2, -0.15) is 0 Å². The van der Waals surface area contributed by atoms with E-state index < -0.39 is 296 Å². The largest absolute Gasteiger partial charge is 0.477 e. The fourth-order valence-corrected chi connectivity index (χ4v) is 16.8. The Balaban J connectivity index is 1.26. The number of allylic oxidation sites excluding steroid dienone is 1. The van der Waals surface area contributed by atoms with E-state index in [2.05, 4.69) is 29.8 Å². The van der Waals surface area contributed by atoms with Crippen molar-refractivity contribution in [1.82, 2.24) is 16.0 Å². The minimum atomic E-state index is -3.50. The molecule has 6 aliphatic heterocycles. The third kappa shape index (κ3) is 32.3. The van der Waals surface area contributed by atoms with Crippen molar-refractivity contribution in [2.45, 2.75) is 441 Å². The SMILES string of the molecule is CCCCCCCCCCCCC/C=C/[C@@H](O)[C@H](CO[C@@H]1OC(CO)[C@@H](O[C@@H]2OC(CO)[C@H](O[C@@H]3OC(CO)[C@H](O)[C@H](O[C@@H]4OC(CO)[C@H](O)[C@H](O[C@]5(C(=O)O)CC(O)[C@@H](NC(C)=O)C([C@H](O)[C@H](O)CO)O5)C4O)C3NC(C)=O)[C@H](O[C@]3(C(=O)O)CC(O)[C@@H](O)C([C@H](O)[C@H](O)CO)O3)C2O)[C@H](O)C1O)NC(=O)CCCCCCCCCCCCCCCCCCC. The maximum atomic E-state index is 13.8. The summed E-state index contributed by atoms with van der Waals surface area (Å²) in [5.41, 5.74) is 0. The molecule has 0 saturated carbocycles. The molecule has 12 unspecified atom stereocenters. The van der Waals surface area contributed by atoms with Gasteiger partial charge in [-0.1, -0.05) is 193 Å². The molecule has 126 heavy (non-hydrogen) atoms. The first-order chi connectivity index (χ1) is 60.2. The molecule has 0 aromatic carbocycles. The normalized spacial score (nSPS) is 35.4. The van der Waals surface area contributed by atoms with Crippen LogP contribution in [0.4, 0.5) is 0 Å². The second-order valence-electron chi connectivity index (χ2n) is 34.2. The van der Waals surface area contributed by atoms with Crippen molar-refractivity contribution in [1.29, 1.82) is 0 Å². The number of nitrogens with one attached hydrogen (secondary N) is 3. The number of unbranched alkanes of at least 4 members (excludes halogenated alkanes) is 27. The second kappa shape index (κ2) is 56.7. The van der Waals surface area contributed by atoms with Gasteiger partial charge in [0.25, 0.3) is 11.6 Å². The molecule has 42 heteroatoms. The molecular weight excluding hydrogens is 1670 g/mol. The lowest BCUT2D eigenvalue weighted by atomic mass is 9.88. The van der Waals surface area contributed by atoms with Gasteiger partial charge in [0.2, 0.25) is 17.7 Å². The number of hydrogen-bond acceptors (Lipinski definition) is 37. The third-order valence-electron chi connectivity index (χ3n) is 24.2. The van der Waals surface area contributed by atoms with Gasteiger partial charge in [-0.05, 0) is 19.3 Å². The summed E-state index contributed by atoms with van der Waals surface area (Å²) in [6.45, 7) is -1.73. The number of hydrogen-bond donors (Lipinski definition) is 25. The molecule has 34 atom stereocenters. The molecular formula is C84H149N3O39. The smallest absolute Gasteiger partial charge is 0.364 e. The number of aliphatic hydroxyl groups excluding tert-OH is 20. The number of ether oxygens (including phenoxy) is 12. The van der Waals surface area contributed by atoms with Crippen LogP contribution in [0.1, 0.15) is 233 Å². The predicted molar refractivity (Wildman–Crippen MR) is 437 cm³/mol. The minimum absolute atomic E-state index is 0.0996. The first kappa shape index (κ1) is 111. The molecule has 0 bridgehead atoms. The summed E-state index contributed by atoms with van der Waals surface area (Å²) in [4.78, 5) is 66.6. The van der Waals surface area contributed by atoms with Gasteiger partial charge in [0.15, 0.2) is 25.2 Å². The van der Waals surface area contributed by atoms with E-state index in [-0.39, 0.29) is 6.42 Å². The fourth-order valence-electron chi connectivity index (χ4n) is 16.8. The van der Waals surface area contributed by atoms with E-state index >= 15 is 0 Å². The van der Waals surface area contributed by atoms with Crippen LogP contribution in [0.15, 0.2) is 12.2 Å². The topological polar surface area (TPSA) is 677 Å². The van der Waals surface area contributed by atoms with Crippen LogP contribution >= 0.6 is 0 Å². The number of amides is 3. The Labute approximate surface area is 735 Å². The lowest BCUT2D eigenvalue weighted by Crippen LogP contribution is -2.72. The summed E-state index contributed by atoms with van der Waals surface area (Å²) in [7, 11) is 0. The maximum absolute atomic E-state index is 13.8. The number of carboxylic acids is 2. The number of aliphatic hydroxyl groups is 20. The molecule has 6 aliphatic rings. The molecule has 42 nitrogen and oxygen atoms in total. The van der Waals surface area contributed by atoms with E-state index in [4.69, 9.17) is 56.8 Å². The standard InChI is InChI=1S/C84H149N3O39/c1-5-7-9-11-13-15-17-19-20-21-22-24-26-28-30-32-34-36-58(101)87-48(49(96)35-33-31-29-27-25-23-18-16-14-12-10-8-6-2)45-115-78-67(108)66(107)70(56(43-92)118-78)120-80-69(110)76(126-84(82(113)114)38-51(98)61(102)74(124-84)63(104)53(100)40-89)71(57(44-93)119-80)121-77-60(86-47(4)95)72(64(105)54(41-90)116-77)122-79-68(109)75(65(106)55(42-91)117-79)125-83(81(111)112)37-50(97)59(85-46(3)94)73(123-83)62(103)52(99)39-88/h33,35,48-57,59-80,88-93,96-100,102-110H,5-32,34,36-45H2,1-4H3,(H,85,94)(H,86,95)(H,87,101)(H,111,112)(H,113,114)/b35-33+/t48-,49+,50?,51?,52+,53+,54?,55?,56?,57?,59+,60?,61+,62+,63+,64-,65-,66+,67?,68?,69?,70+,71-,72+,73?,74?,75-,76+,77-,78+,79-,80-,83-,84-/m0/s1. The molecule has 6 fully saturated rings. The quantitative estimate of drug-likeness (QED) is 0.0210. The van der Waals surface area contributed by atoms with Crippen molar-refractivity contribution >= 4 is 29.7 Å². The second-order valence-corrected chi connectivity index (χ2v) is 34.2. The third-order valence-corrected chi connectivity index (χ3v) is 24.2. The molecule has 734 valence electrons. The lowest BCUT2D eigenvalue weighted by Gasteiger charge is -2.52. The Kier molecular flexibility index (Phi) is 49.8. The van der Waals surface area contributed by atoms with Gasteiger partial charge in [-0.3, -0.25) is 14.4 Å². The average Bonchev–Trinajstić information content (AvgIpc) is 0.750. The van der Waals surface area contributed by atoms with Gasteiger partial charge in [-0.25, -0.2) is 9.59 Å². The molecule has 6 heterocycles. The number of aliphatic carboxylic acids is 2.